The summed E-state index contributed by atoms with van der Waals surface area (Å²) < 4.78 is 2.01. The normalized spacial score (nSPS) is 9.07. The van der Waals surface area contributed by atoms with Gasteiger partial charge in [0, 0.05) is 17.2 Å². The Morgan fingerprint density at radius 2 is 2.21 bits per heavy atom. The molecule has 0 bridgehead atoms. The van der Waals surface area contributed by atoms with E-state index in [4.69, 9.17) is 10.5 Å². The molecule has 1 aromatic heterocycles. The Labute approximate surface area is 89.1 Å². The molecule has 0 unspecified atom stereocenters. The van der Waals surface area contributed by atoms with Gasteiger partial charge in [-0.3, -0.25) is 4.79 Å². The molecule has 0 N–H and O–H groups in total. The van der Waals surface area contributed by atoms with Gasteiger partial charge in [0.2, 0.25) is 0 Å². The molecule has 0 saturated heterocycles. The van der Waals surface area contributed by atoms with Gasteiger partial charge >= 0.3 is 0 Å². The molecule has 1 rings (SSSR count). The van der Waals surface area contributed by atoms with E-state index in [-0.39, 0.29) is 17.5 Å². The summed E-state index contributed by atoms with van der Waals surface area (Å²) in [6.45, 7) is 0.309. The lowest BCUT2D eigenvalue weighted by Crippen LogP contribution is -2.21. The minimum atomic E-state index is -0.356. The van der Waals surface area contributed by atoms with E-state index in [9.17, 15) is 4.79 Å². The minimum absolute atomic E-state index is 0.0808. The third-order valence-electron chi connectivity index (χ3n) is 1.64. The van der Waals surface area contributed by atoms with Gasteiger partial charge in [-0.05, 0) is 22.0 Å². The highest BCUT2D eigenvalue weighted by molar-refractivity contribution is 9.10. The molecule has 5 heteroatoms. The Hall–Kier alpha value is -1.59. The molecular formula is C9H6BrN3O. The number of pyridine rings is 1. The summed E-state index contributed by atoms with van der Waals surface area (Å²) in [4.78, 5) is 11.5. The van der Waals surface area contributed by atoms with Crippen LogP contribution in [0.2, 0.25) is 0 Å². The Balaban J connectivity index is 3.19. The number of halogens is 1. The largest absolute Gasteiger partial charge is 0.312 e. The van der Waals surface area contributed by atoms with Crippen LogP contribution in [0.5, 0.6) is 0 Å². The molecular weight excluding hydrogens is 246 g/mol. The van der Waals surface area contributed by atoms with Crippen LogP contribution in [0.3, 0.4) is 0 Å². The van der Waals surface area contributed by atoms with Crippen molar-refractivity contribution in [1.82, 2.24) is 4.57 Å². The molecule has 0 spiro atoms. The Kier molecular flexibility index (Phi) is 3.44. The molecule has 4 nitrogen and oxygen atoms in total. The summed E-state index contributed by atoms with van der Waals surface area (Å²) in [5, 5.41) is 17.0. The van der Waals surface area contributed by atoms with Crippen LogP contribution in [0.1, 0.15) is 12.0 Å². The molecule has 70 valence electrons. The number of nitrogens with zero attached hydrogens (tertiary/aromatic N) is 3. The molecule has 0 radical (unpaired) electrons. The van der Waals surface area contributed by atoms with Crippen molar-refractivity contribution in [2.45, 2.75) is 13.0 Å². The summed E-state index contributed by atoms with van der Waals surface area (Å²) >= 11 is 3.19. The lowest BCUT2D eigenvalue weighted by Gasteiger charge is -2.03. The third kappa shape index (κ3) is 2.21. The smallest absolute Gasteiger partial charge is 0.268 e. The fourth-order valence-corrected chi connectivity index (χ4v) is 1.49. The maximum absolute atomic E-state index is 11.5. The van der Waals surface area contributed by atoms with Crippen LogP contribution >= 0.6 is 15.9 Å². The maximum Gasteiger partial charge on any atom is 0.268 e. The zero-order valence-electron chi connectivity index (χ0n) is 7.20. The topological polar surface area (TPSA) is 69.6 Å². The second-order valence-corrected chi connectivity index (χ2v) is 3.51. The summed E-state index contributed by atoms with van der Waals surface area (Å²) in [7, 11) is 0. The second kappa shape index (κ2) is 4.59. The standard InChI is InChI=1S/C9H6BrN3O/c10-8-4-7(5-12)9(14)13(6-8)3-1-2-11/h4,6H,1,3H2. The molecule has 14 heavy (non-hydrogen) atoms. The number of hydrogen-bond donors (Lipinski definition) is 0. The quantitative estimate of drug-likeness (QED) is 0.798. The van der Waals surface area contributed by atoms with Crippen molar-refractivity contribution in [3.63, 3.8) is 0 Å². The average molecular weight is 252 g/mol. The van der Waals surface area contributed by atoms with Crippen LogP contribution in [-0.2, 0) is 6.54 Å². The summed E-state index contributed by atoms with van der Waals surface area (Å²) in [5.74, 6) is 0. The number of rotatable bonds is 2. The predicted molar refractivity (Wildman–Crippen MR) is 53.3 cm³/mol. The van der Waals surface area contributed by atoms with Crippen molar-refractivity contribution >= 4 is 15.9 Å². The molecule has 0 atom stereocenters. The van der Waals surface area contributed by atoms with Crippen LogP contribution < -0.4 is 5.56 Å². The van der Waals surface area contributed by atoms with E-state index in [0.717, 1.165) is 0 Å². The highest BCUT2D eigenvalue weighted by Gasteiger charge is 2.04. The van der Waals surface area contributed by atoms with E-state index in [1.165, 1.54) is 10.6 Å². The Bertz CT molecular complexity index is 478. The molecule has 0 fully saturated rings. The molecule has 0 aromatic carbocycles. The first-order valence-corrected chi connectivity index (χ1v) is 4.65. The average Bonchev–Trinajstić information content (AvgIpc) is 2.18. The van der Waals surface area contributed by atoms with Crippen molar-refractivity contribution in [2.24, 2.45) is 0 Å². The van der Waals surface area contributed by atoms with E-state index in [1.54, 1.807) is 12.3 Å². The van der Waals surface area contributed by atoms with Crippen LogP contribution in [0.15, 0.2) is 21.5 Å². The van der Waals surface area contributed by atoms with E-state index in [1.807, 2.05) is 6.07 Å². The number of aryl methyl sites for hydroxylation is 1. The van der Waals surface area contributed by atoms with Gasteiger partial charge in [-0.15, -0.1) is 0 Å². The van der Waals surface area contributed by atoms with Gasteiger partial charge in [0.15, 0.2) is 0 Å². The molecule has 1 aromatic rings. The molecule has 0 saturated carbocycles. The van der Waals surface area contributed by atoms with E-state index in [0.29, 0.717) is 11.0 Å². The highest BCUT2D eigenvalue weighted by atomic mass is 79.9. The van der Waals surface area contributed by atoms with E-state index >= 15 is 0 Å². The first-order chi connectivity index (χ1) is 6.69. The number of hydrogen-bond acceptors (Lipinski definition) is 3. The van der Waals surface area contributed by atoms with Gasteiger partial charge in [0.25, 0.3) is 5.56 Å². The third-order valence-corrected chi connectivity index (χ3v) is 2.07. The zero-order chi connectivity index (χ0) is 10.6. The SMILES string of the molecule is N#CCCn1cc(Br)cc(C#N)c1=O. The van der Waals surface area contributed by atoms with Crippen LogP contribution in [0.4, 0.5) is 0 Å². The van der Waals surface area contributed by atoms with Crippen LogP contribution in [-0.4, -0.2) is 4.57 Å². The Morgan fingerprint density at radius 3 is 2.79 bits per heavy atom. The molecule has 0 amide bonds. The summed E-state index contributed by atoms with van der Waals surface area (Å²) in [6.07, 6.45) is 1.82. The van der Waals surface area contributed by atoms with Gasteiger partial charge < -0.3 is 4.57 Å². The summed E-state index contributed by atoms with van der Waals surface area (Å²) in [5.41, 5.74) is -0.275. The lowest BCUT2D eigenvalue weighted by molar-refractivity contribution is 0.682. The van der Waals surface area contributed by atoms with Crippen molar-refractivity contribution < 1.29 is 0 Å². The van der Waals surface area contributed by atoms with Crippen molar-refractivity contribution in [2.75, 3.05) is 0 Å². The minimum Gasteiger partial charge on any atom is -0.312 e. The second-order valence-electron chi connectivity index (χ2n) is 2.59. The first kappa shape index (κ1) is 10.5. The van der Waals surface area contributed by atoms with Crippen molar-refractivity contribution in [3.8, 4) is 12.1 Å². The monoisotopic (exact) mass is 251 g/mol. The fourth-order valence-electron chi connectivity index (χ4n) is 1.02. The van der Waals surface area contributed by atoms with Crippen LogP contribution in [0.25, 0.3) is 0 Å². The highest BCUT2D eigenvalue weighted by Crippen LogP contribution is 2.08. The number of nitriles is 2. The van der Waals surface area contributed by atoms with Crippen molar-refractivity contribution in [1.29, 1.82) is 10.5 Å². The fraction of sp³-hybridized carbons (Fsp3) is 0.222. The van der Waals surface area contributed by atoms with Gasteiger partial charge in [-0.1, -0.05) is 0 Å². The summed E-state index contributed by atoms with van der Waals surface area (Å²) in [6, 6.07) is 5.21. The molecule has 0 aliphatic heterocycles. The molecule has 1 heterocycles. The van der Waals surface area contributed by atoms with E-state index < -0.39 is 0 Å². The van der Waals surface area contributed by atoms with E-state index in [2.05, 4.69) is 15.9 Å². The molecule has 0 aliphatic rings. The Morgan fingerprint density at radius 1 is 1.50 bits per heavy atom. The lowest BCUT2D eigenvalue weighted by atomic mass is 10.3. The van der Waals surface area contributed by atoms with Crippen LogP contribution in [0, 0.1) is 22.7 Å². The number of aromatic nitrogens is 1. The van der Waals surface area contributed by atoms with Gasteiger partial charge in [-0.25, -0.2) is 0 Å². The predicted octanol–water partition coefficient (Wildman–Crippen LogP) is 1.40. The van der Waals surface area contributed by atoms with Gasteiger partial charge in [-0.2, -0.15) is 10.5 Å². The molecule has 0 aliphatic carbocycles. The zero-order valence-corrected chi connectivity index (χ0v) is 8.78. The maximum atomic E-state index is 11.5. The van der Waals surface area contributed by atoms with Crippen molar-refractivity contribution in [3.05, 3.63) is 32.7 Å². The van der Waals surface area contributed by atoms with Gasteiger partial charge in [0.05, 0.1) is 12.5 Å². The first-order valence-electron chi connectivity index (χ1n) is 3.86. The van der Waals surface area contributed by atoms with Gasteiger partial charge in [0.1, 0.15) is 11.6 Å².